The van der Waals surface area contributed by atoms with Gasteiger partial charge in [-0.3, -0.25) is 14.5 Å². The zero-order valence-corrected chi connectivity index (χ0v) is 18.3. The van der Waals surface area contributed by atoms with E-state index in [1.807, 2.05) is 36.4 Å². The summed E-state index contributed by atoms with van der Waals surface area (Å²) in [6.07, 6.45) is 5.06. The van der Waals surface area contributed by atoms with Gasteiger partial charge in [-0.25, -0.2) is 0 Å². The predicted octanol–water partition coefficient (Wildman–Crippen LogP) is 3.54. The van der Waals surface area contributed by atoms with Crippen molar-refractivity contribution in [3.63, 3.8) is 0 Å². The quantitative estimate of drug-likeness (QED) is 0.553. The van der Waals surface area contributed by atoms with Gasteiger partial charge in [-0.1, -0.05) is 36.1 Å². The van der Waals surface area contributed by atoms with Crippen LogP contribution in [0.25, 0.3) is 6.08 Å². The zero-order valence-electron chi connectivity index (χ0n) is 16.7. The van der Waals surface area contributed by atoms with Crippen LogP contribution in [0.2, 0.25) is 0 Å². The van der Waals surface area contributed by atoms with Crippen molar-refractivity contribution in [2.45, 2.75) is 19.3 Å². The number of fused-ring (bicyclic) bond motifs is 2. The number of carbonyl (C=O) groups excluding carboxylic acids is 2. The van der Waals surface area contributed by atoms with Gasteiger partial charge in [-0.15, -0.1) is 0 Å². The van der Waals surface area contributed by atoms with Gasteiger partial charge in [0.25, 0.3) is 11.8 Å². The highest BCUT2D eigenvalue weighted by Gasteiger charge is 2.31. The predicted molar refractivity (Wildman–Crippen MR) is 123 cm³/mol. The summed E-state index contributed by atoms with van der Waals surface area (Å²) in [7, 11) is 0. The topological polar surface area (TPSA) is 67.9 Å². The molecule has 1 N–H and O–H groups in total. The molecule has 2 aromatic carbocycles. The maximum atomic E-state index is 12.8. The summed E-state index contributed by atoms with van der Waals surface area (Å²) in [5, 5.41) is 2.90. The first kappa shape index (κ1) is 20.1. The van der Waals surface area contributed by atoms with Gasteiger partial charge in [-0.05, 0) is 66.3 Å². The molecule has 1 saturated heterocycles. The molecule has 5 rings (SSSR count). The molecule has 6 nitrogen and oxygen atoms in total. The van der Waals surface area contributed by atoms with Crippen LogP contribution in [0.1, 0.15) is 33.5 Å². The second-order valence-electron chi connectivity index (χ2n) is 7.54. The molecule has 3 aliphatic rings. The Kier molecular flexibility index (Phi) is 5.41. The average Bonchev–Trinajstić information content (AvgIpc) is 3.48. The van der Waals surface area contributed by atoms with E-state index < -0.39 is 0 Å². The van der Waals surface area contributed by atoms with E-state index in [1.165, 1.54) is 27.8 Å². The van der Waals surface area contributed by atoms with Crippen molar-refractivity contribution in [1.82, 2.24) is 10.2 Å². The summed E-state index contributed by atoms with van der Waals surface area (Å²) in [4.78, 5) is 27.4. The van der Waals surface area contributed by atoms with Gasteiger partial charge in [0.1, 0.15) is 4.32 Å². The number of hydrogen-bond donors (Lipinski definition) is 1. The maximum absolute atomic E-state index is 12.8. The van der Waals surface area contributed by atoms with Gasteiger partial charge in [-0.2, -0.15) is 0 Å². The Morgan fingerprint density at radius 1 is 1.13 bits per heavy atom. The normalized spacial score (nSPS) is 18.1. The zero-order chi connectivity index (χ0) is 21.4. The second kappa shape index (κ2) is 8.36. The Morgan fingerprint density at radius 2 is 1.97 bits per heavy atom. The fourth-order valence-corrected chi connectivity index (χ4v) is 5.25. The van der Waals surface area contributed by atoms with Crippen LogP contribution in [0.15, 0.2) is 41.3 Å². The van der Waals surface area contributed by atoms with Crippen molar-refractivity contribution < 1.29 is 19.1 Å². The van der Waals surface area contributed by atoms with Crippen LogP contribution < -0.4 is 14.8 Å². The molecular formula is C23H20N2O4S2. The number of rotatable bonds is 5. The molecule has 0 saturated carbocycles. The average molecular weight is 453 g/mol. The van der Waals surface area contributed by atoms with Crippen molar-refractivity contribution in [2.24, 2.45) is 0 Å². The van der Waals surface area contributed by atoms with Crippen molar-refractivity contribution in [3.8, 4) is 11.5 Å². The maximum Gasteiger partial charge on any atom is 0.266 e. The van der Waals surface area contributed by atoms with E-state index in [-0.39, 0.29) is 18.6 Å². The van der Waals surface area contributed by atoms with Gasteiger partial charge < -0.3 is 14.8 Å². The van der Waals surface area contributed by atoms with Gasteiger partial charge in [0.2, 0.25) is 6.79 Å². The molecule has 0 unspecified atom stereocenters. The van der Waals surface area contributed by atoms with E-state index in [4.69, 9.17) is 21.7 Å². The lowest BCUT2D eigenvalue weighted by Crippen LogP contribution is -2.37. The van der Waals surface area contributed by atoms with Crippen LogP contribution in [0.4, 0.5) is 0 Å². The van der Waals surface area contributed by atoms with Crippen molar-refractivity contribution in [1.29, 1.82) is 0 Å². The van der Waals surface area contributed by atoms with Crippen LogP contribution in [-0.2, 0) is 17.6 Å². The highest BCUT2D eigenvalue weighted by molar-refractivity contribution is 8.26. The molecule has 2 heterocycles. The smallest absolute Gasteiger partial charge is 0.266 e. The van der Waals surface area contributed by atoms with E-state index >= 15 is 0 Å². The molecule has 0 aromatic heterocycles. The number of thiocarbonyl (C=S) groups is 1. The fourth-order valence-electron chi connectivity index (χ4n) is 3.94. The van der Waals surface area contributed by atoms with Crippen molar-refractivity contribution in [2.75, 3.05) is 19.9 Å². The molecule has 0 spiro atoms. The molecular weight excluding hydrogens is 432 g/mol. The lowest BCUT2D eigenvalue weighted by Gasteiger charge is -2.15. The Hall–Kier alpha value is -2.84. The number of nitrogens with zero attached hydrogens (tertiary/aromatic N) is 1. The summed E-state index contributed by atoms with van der Waals surface area (Å²) in [5.41, 5.74) is 4.10. The molecule has 158 valence electrons. The van der Waals surface area contributed by atoms with Gasteiger partial charge >= 0.3 is 0 Å². The Bertz CT molecular complexity index is 1130. The largest absolute Gasteiger partial charge is 0.454 e. The Labute approximate surface area is 189 Å². The molecule has 2 aliphatic heterocycles. The number of benzene rings is 2. The first-order valence-electron chi connectivity index (χ1n) is 10.1. The fraction of sp³-hybridized carbons (Fsp3) is 0.261. The molecule has 1 aliphatic carbocycles. The van der Waals surface area contributed by atoms with Crippen molar-refractivity contribution >= 4 is 46.2 Å². The molecule has 0 atom stereocenters. The third-order valence-corrected chi connectivity index (χ3v) is 6.93. The molecule has 8 heteroatoms. The van der Waals surface area contributed by atoms with E-state index in [9.17, 15) is 9.59 Å². The minimum atomic E-state index is -0.153. The van der Waals surface area contributed by atoms with Crippen LogP contribution in [0.3, 0.4) is 0 Å². The first-order chi connectivity index (χ1) is 15.1. The van der Waals surface area contributed by atoms with Gasteiger partial charge in [0, 0.05) is 18.7 Å². The summed E-state index contributed by atoms with van der Waals surface area (Å²) < 4.78 is 11.2. The summed E-state index contributed by atoms with van der Waals surface area (Å²) in [6.45, 7) is 0.873. The van der Waals surface area contributed by atoms with Crippen LogP contribution in [0, 0.1) is 0 Å². The number of carbonyl (C=O) groups is 2. The standard InChI is InChI=1S/C23H20N2O4S2/c26-21(17-6-5-15-2-1-3-16(15)12-17)24-8-9-25-22(27)20(31-23(25)30)11-14-4-7-18-19(10-14)29-13-28-18/h4-7,10-12H,1-3,8-9,13H2,(H,24,26)/b20-11+. The summed E-state index contributed by atoms with van der Waals surface area (Å²) in [6, 6.07) is 11.4. The number of ether oxygens (including phenoxy) is 2. The number of nitrogens with one attached hydrogen (secondary N) is 1. The second-order valence-corrected chi connectivity index (χ2v) is 9.21. The highest BCUT2D eigenvalue weighted by Crippen LogP contribution is 2.36. The molecule has 2 aromatic rings. The lowest BCUT2D eigenvalue weighted by atomic mass is 10.1. The molecule has 0 bridgehead atoms. The van der Waals surface area contributed by atoms with E-state index in [0.29, 0.717) is 39.4 Å². The van der Waals surface area contributed by atoms with E-state index in [1.54, 1.807) is 6.08 Å². The summed E-state index contributed by atoms with van der Waals surface area (Å²) >= 11 is 6.65. The minimum Gasteiger partial charge on any atom is -0.454 e. The third kappa shape index (κ3) is 4.05. The molecule has 2 amide bonds. The molecule has 31 heavy (non-hydrogen) atoms. The number of amides is 2. The highest BCUT2D eigenvalue weighted by atomic mass is 32.2. The van der Waals surface area contributed by atoms with Gasteiger partial charge in [0.05, 0.1) is 4.91 Å². The van der Waals surface area contributed by atoms with Crippen molar-refractivity contribution in [3.05, 3.63) is 63.6 Å². The number of thioether (sulfide) groups is 1. The third-order valence-electron chi connectivity index (χ3n) is 5.55. The Balaban J connectivity index is 1.20. The van der Waals surface area contributed by atoms with E-state index in [2.05, 4.69) is 5.32 Å². The van der Waals surface area contributed by atoms with Crippen LogP contribution in [-0.4, -0.2) is 40.9 Å². The summed E-state index contributed by atoms with van der Waals surface area (Å²) in [5.74, 6) is 1.08. The number of aryl methyl sites for hydroxylation is 2. The monoisotopic (exact) mass is 452 g/mol. The number of hydrogen-bond acceptors (Lipinski definition) is 6. The van der Waals surface area contributed by atoms with E-state index in [0.717, 1.165) is 24.8 Å². The van der Waals surface area contributed by atoms with Gasteiger partial charge in [0.15, 0.2) is 11.5 Å². The van der Waals surface area contributed by atoms with Crippen LogP contribution >= 0.6 is 24.0 Å². The lowest BCUT2D eigenvalue weighted by molar-refractivity contribution is -0.122. The van der Waals surface area contributed by atoms with Crippen LogP contribution in [0.5, 0.6) is 11.5 Å². The Morgan fingerprint density at radius 3 is 2.87 bits per heavy atom. The minimum absolute atomic E-state index is 0.129. The molecule has 1 fully saturated rings. The molecule has 0 radical (unpaired) electrons. The SMILES string of the molecule is O=C(NCCN1C(=O)/C(=C\c2ccc3c(c2)OCO3)SC1=S)c1ccc2c(c1)CCC2. The first-order valence-corrected chi connectivity index (χ1v) is 11.4.